The first-order chi connectivity index (χ1) is 26.0. The van der Waals surface area contributed by atoms with Crippen LogP contribution in [0.2, 0.25) is 0 Å². The van der Waals surface area contributed by atoms with Gasteiger partial charge in [-0.1, -0.05) is 26.0 Å². The molecule has 4 rings (SSSR count). The van der Waals surface area contributed by atoms with E-state index in [0.717, 1.165) is 17.8 Å². The average molecular weight is 752 g/mol. The van der Waals surface area contributed by atoms with Crippen molar-refractivity contribution in [2.45, 2.75) is 46.5 Å². The summed E-state index contributed by atoms with van der Waals surface area (Å²) in [6.07, 6.45) is 2.57. The van der Waals surface area contributed by atoms with Gasteiger partial charge >= 0.3 is 7.12 Å². The lowest BCUT2D eigenvalue weighted by molar-refractivity contribution is -0.0111. The number of Topliss-reactive ketones (excluding diaryl/α,β-unsaturated/α-hetero) is 1. The number of ketones is 1. The number of nitrogens with zero attached hydrogens (tertiary/aromatic N) is 2. The molecule has 1 aromatic heterocycles. The molecule has 0 atom stereocenters. The number of hydrogen-bond acceptors (Lipinski definition) is 12. The molecule has 2 aromatic carbocycles. The van der Waals surface area contributed by atoms with E-state index in [-0.39, 0.29) is 17.1 Å². The third-order valence-electron chi connectivity index (χ3n) is 8.72. The van der Waals surface area contributed by atoms with E-state index in [1.165, 1.54) is 12.1 Å². The number of carbonyl (C=O) groups excluding carboxylic acids is 3. The summed E-state index contributed by atoms with van der Waals surface area (Å²) >= 11 is 0. The smallest absolute Gasteiger partial charge is 0.423 e. The van der Waals surface area contributed by atoms with Crippen LogP contribution in [0.4, 0.5) is 5.69 Å². The highest BCUT2D eigenvalue weighted by Gasteiger charge is 2.35. The number of anilines is 1. The van der Waals surface area contributed by atoms with Crippen LogP contribution in [0.1, 0.15) is 75.6 Å². The Balaban J connectivity index is 0.971. The van der Waals surface area contributed by atoms with E-state index in [4.69, 9.17) is 39.5 Å². The number of carbonyl (C=O) groups is 3. The molecule has 294 valence electrons. The van der Waals surface area contributed by atoms with Gasteiger partial charge in [0, 0.05) is 44.0 Å². The molecule has 0 aliphatic heterocycles. The standard InChI is InChI=1S/C38H54BN5O10/c1-27-35-33(25-38(2,3)26-34(35)45)44(43-27)30-10-11-31(36(40)46)32(24-30)41-12-4-14-50-16-18-52-20-22-54-23-21-53-19-17-51-15-5-13-42-37(47)28-6-8-29(9-7-28)39(48)49/h6-11,24,41,48-49H,4-5,12-23,25-26H2,1-3H3,(H2,40,46)(H,42,47). The van der Waals surface area contributed by atoms with Crippen molar-refractivity contribution in [1.29, 1.82) is 0 Å². The topological polar surface area (TPSA) is 206 Å². The monoisotopic (exact) mass is 751 g/mol. The predicted molar refractivity (Wildman–Crippen MR) is 204 cm³/mol. The Kier molecular flexibility index (Phi) is 17.1. The molecule has 0 fully saturated rings. The lowest BCUT2D eigenvalue weighted by atomic mass is 9.75. The quantitative estimate of drug-likeness (QED) is 0.0622. The normalized spacial score (nSPS) is 13.5. The van der Waals surface area contributed by atoms with E-state index in [9.17, 15) is 14.4 Å². The van der Waals surface area contributed by atoms with E-state index in [2.05, 4.69) is 29.6 Å². The number of rotatable bonds is 25. The second-order valence-corrected chi connectivity index (χ2v) is 13.8. The first-order valence-electron chi connectivity index (χ1n) is 18.4. The Morgan fingerprint density at radius 2 is 1.39 bits per heavy atom. The highest BCUT2D eigenvalue weighted by molar-refractivity contribution is 6.58. The zero-order valence-electron chi connectivity index (χ0n) is 31.6. The lowest BCUT2D eigenvalue weighted by Crippen LogP contribution is -2.30. The molecule has 0 bridgehead atoms. The summed E-state index contributed by atoms with van der Waals surface area (Å²) in [5.41, 5.74) is 10.3. The molecule has 0 radical (unpaired) electrons. The van der Waals surface area contributed by atoms with Crippen molar-refractivity contribution in [1.82, 2.24) is 15.1 Å². The molecule has 0 saturated carbocycles. The number of aromatic nitrogens is 2. The molecule has 16 heteroatoms. The molecule has 1 heterocycles. The fraction of sp³-hybridized carbons (Fsp3) is 0.526. The fourth-order valence-electron chi connectivity index (χ4n) is 6.04. The van der Waals surface area contributed by atoms with Crippen LogP contribution < -0.4 is 21.8 Å². The second-order valence-electron chi connectivity index (χ2n) is 13.8. The predicted octanol–water partition coefficient (Wildman–Crippen LogP) is 1.82. The number of benzene rings is 2. The van der Waals surface area contributed by atoms with Gasteiger partial charge in [0.1, 0.15) is 0 Å². The van der Waals surface area contributed by atoms with Crippen molar-refractivity contribution in [2.75, 3.05) is 84.5 Å². The van der Waals surface area contributed by atoms with E-state index in [1.807, 2.05) is 17.7 Å². The second kappa shape index (κ2) is 21.7. The Morgan fingerprint density at radius 3 is 1.94 bits per heavy atom. The highest BCUT2D eigenvalue weighted by atomic mass is 16.6. The lowest BCUT2D eigenvalue weighted by Gasteiger charge is -2.29. The molecular weight excluding hydrogens is 697 g/mol. The minimum absolute atomic E-state index is 0.111. The molecule has 0 unspecified atom stereocenters. The van der Waals surface area contributed by atoms with Crippen molar-refractivity contribution < 1.29 is 48.1 Å². The Labute approximate surface area is 317 Å². The van der Waals surface area contributed by atoms with Crippen molar-refractivity contribution in [3.05, 3.63) is 70.5 Å². The maximum atomic E-state index is 12.9. The first kappa shape index (κ1) is 42.6. The van der Waals surface area contributed by atoms with Gasteiger partial charge in [-0.05, 0) is 67.4 Å². The van der Waals surface area contributed by atoms with Crippen molar-refractivity contribution in [3.8, 4) is 5.69 Å². The zero-order chi connectivity index (χ0) is 38.9. The van der Waals surface area contributed by atoms with Gasteiger partial charge in [-0.3, -0.25) is 14.4 Å². The number of aryl methyl sites for hydroxylation is 1. The van der Waals surface area contributed by atoms with Crippen LogP contribution in [0, 0.1) is 12.3 Å². The molecule has 0 spiro atoms. The fourth-order valence-corrected chi connectivity index (χ4v) is 6.04. The van der Waals surface area contributed by atoms with Crippen LogP contribution in [0.15, 0.2) is 42.5 Å². The first-order valence-corrected chi connectivity index (χ1v) is 18.4. The van der Waals surface area contributed by atoms with Crippen LogP contribution in [0.3, 0.4) is 0 Å². The molecule has 54 heavy (non-hydrogen) atoms. The van der Waals surface area contributed by atoms with Crippen LogP contribution in [0.5, 0.6) is 0 Å². The SMILES string of the molecule is Cc1nn(-c2ccc(C(N)=O)c(NCCCOCCOCCOCCOCCOCCCNC(=O)c3ccc(B(O)O)cc3)c2)c2c1C(=O)CC(C)(C)C2. The van der Waals surface area contributed by atoms with Gasteiger partial charge in [0.2, 0.25) is 0 Å². The van der Waals surface area contributed by atoms with Gasteiger partial charge in [0.25, 0.3) is 11.8 Å². The minimum atomic E-state index is -1.56. The Hall–Kier alpha value is -4.16. The van der Waals surface area contributed by atoms with Crippen molar-refractivity contribution >= 4 is 35.9 Å². The number of hydrogen-bond donors (Lipinski definition) is 5. The van der Waals surface area contributed by atoms with Gasteiger partial charge in [0.05, 0.1) is 81.1 Å². The van der Waals surface area contributed by atoms with Gasteiger partial charge in [-0.25, -0.2) is 4.68 Å². The van der Waals surface area contributed by atoms with Crippen molar-refractivity contribution in [3.63, 3.8) is 0 Å². The van der Waals surface area contributed by atoms with E-state index in [1.54, 1.807) is 24.3 Å². The van der Waals surface area contributed by atoms with Crippen LogP contribution in [0.25, 0.3) is 5.69 Å². The van der Waals surface area contributed by atoms with Gasteiger partial charge in [0.15, 0.2) is 5.78 Å². The van der Waals surface area contributed by atoms with Crippen LogP contribution in [-0.4, -0.2) is 124 Å². The van der Waals surface area contributed by atoms with Crippen LogP contribution in [-0.2, 0) is 30.1 Å². The van der Waals surface area contributed by atoms with Gasteiger partial charge in [-0.2, -0.15) is 5.10 Å². The summed E-state index contributed by atoms with van der Waals surface area (Å²) in [5.74, 6) is -0.653. The Morgan fingerprint density at radius 1 is 0.833 bits per heavy atom. The largest absolute Gasteiger partial charge is 0.488 e. The molecule has 2 amide bonds. The maximum Gasteiger partial charge on any atom is 0.488 e. The molecule has 3 aromatic rings. The number of amides is 2. The average Bonchev–Trinajstić information content (AvgIpc) is 3.46. The maximum absolute atomic E-state index is 12.9. The third kappa shape index (κ3) is 13.3. The highest BCUT2D eigenvalue weighted by Crippen LogP contribution is 2.37. The van der Waals surface area contributed by atoms with Crippen molar-refractivity contribution in [2.24, 2.45) is 11.1 Å². The summed E-state index contributed by atoms with van der Waals surface area (Å²) in [6.45, 7) is 11.6. The minimum Gasteiger partial charge on any atom is -0.423 e. The van der Waals surface area contributed by atoms with Gasteiger partial charge in [-0.15, -0.1) is 0 Å². The summed E-state index contributed by atoms with van der Waals surface area (Å²) in [5, 5.41) is 29.0. The molecular formula is C38H54BN5O10. The summed E-state index contributed by atoms with van der Waals surface area (Å²) < 4.78 is 29.6. The number of ether oxygens (including phenoxy) is 5. The summed E-state index contributed by atoms with van der Waals surface area (Å²) in [6, 6.07) is 11.4. The van der Waals surface area contributed by atoms with Gasteiger partial charge < -0.3 is 50.1 Å². The molecule has 6 N–H and O–H groups in total. The molecule has 1 aliphatic rings. The number of fused-ring (bicyclic) bond motifs is 1. The van der Waals surface area contributed by atoms with Crippen LogP contribution >= 0.6 is 0 Å². The van der Waals surface area contributed by atoms with E-state index in [0.29, 0.717) is 132 Å². The van der Waals surface area contributed by atoms with E-state index < -0.39 is 13.0 Å². The van der Waals surface area contributed by atoms with E-state index >= 15 is 0 Å². The molecule has 15 nitrogen and oxygen atoms in total. The zero-order valence-corrected chi connectivity index (χ0v) is 31.6. The molecule has 0 saturated heterocycles. The number of nitrogens with two attached hydrogens (primary N) is 1. The Bertz CT molecular complexity index is 1660. The third-order valence-corrected chi connectivity index (χ3v) is 8.72. The summed E-state index contributed by atoms with van der Waals surface area (Å²) in [7, 11) is -1.56. The summed E-state index contributed by atoms with van der Waals surface area (Å²) in [4.78, 5) is 37.1. The number of nitrogens with one attached hydrogen (secondary N) is 2. The number of primary amides is 1. The molecule has 1 aliphatic carbocycles.